The van der Waals surface area contributed by atoms with E-state index in [1.54, 1.807) is 0 Å². The van der Waals surface area contributed by atoms with E-state index in [2.05, 4.69) is 44.3 Å². The lowest BCUT2D eigenvalue weighted by Gasteiger charge is -2.21. The molecule has 0 unspecified atom stereocenters. The normalized spacial score (nSPS) is 9.89. The molecule has 1 aromatic carbocycles. The molecule has 0 bridgehead atoms. The van der Waals surface area contributed by atoms with Gasteiger partial charge in [0.25, 0.3) is 0 Å². The average Bonchev–Trinajstić information content (AvgIpc) is 2.40. The van der Waals surface area contributed by atoms with E-state index in [9.17, 15) is 4.79 Å². The number of hydrogen-bond donors (Lipinski definition) is 0. The van der Waals surface area contributed by atoms with Crippen LogP contribution in [0, 0.1) is 6.92 Å². The van der Waals surface area contributed by atoms with Crippen LogP contribution < -0.4 is 0 Å². The molecular weight excluding hydrogens is 236 g/mol. The zero-order valence-corrected chi connectivity index (χ0v) is 12.4. The minimum absolute atomic E-state index is 0.355. The monoisotopic (exact) mass is 260 g/mol. The molecule has 0 aromatic heterocycles. The van der Waals surface area contributed by atoms with Crippen LogP contribution in [0.4, 0.5) is 0 Å². The molecule has 0 fully saturated rings. The molecule has 2 heteroatoms. The van der Waals surface area contributed by atoms with Crippen molar-refractivity contribution in [3.8, 4) is 0 Å². The third kappa shape index (κ3) is 7.98. The number of rotatable bonds is 4. The third-order valence-corrected chi connectivity index (χ3v) is 2.71. The van der Waals surface area contributed by atoms with Crippen molar-refractivity contribution in [2.75, 3.05) is 0 Å². The number of benzene rings is 1. The van der Waals surface area contributed by atoms with Crippen molar-refractivity contribution in [3.63, 3.8) is 0 Å². The lowest BCUT2D eigenvalue weighted by molar-refractivity contribution is -0.150. The predicted octanol–water partition coefficient (Wildman–Crippen LogP) is 4.54. The molecular formula is C17H24O2. The van der Waals surface area contributed by atoms with Gasteiger partial charge in [0.15, 0.2) is 0 Å². The van der Waals surface area contributed by atoms with Crippen LogP contribution in [0.25, 0.3) is 6.08 Å². The Morgan fingerprint density at radius 2 is 1.79 bits per heavy atom. The summed E-state index contributed by atoms with van der Waals surface area (Å²) in [6.45, 7) is 14.7. The summed E-state index contributed by atoms with van der Waals surface area (Å²) < 4.78 is 4.98. The fraction of sp³-hybridized carbons (Fsp3) is 0.353. The highest BCUT2D eigenvalue weighted by atomic mass is 16.6. The lowest BCUT2D eigenvalue weighted by Crippen LogP contribution is -2.25. The van der Waals surface area contributed by atoms with Crippen LogP contribution in [-0.4, -0.2) is 11.6 Å². The molecule has 0 saturated heterocycles. The summed E-state index contributed by atoms with van der Waals surface area (Å²) in [6.07, 6.45) is 3.84. The first kappa shape index (κ1) is 17.2. The summed E-state index contributed by atoms with van der Waals surface area (Å²) in [4.78, 5) is 10.6. The van der Waals surface area contributed by atoms with Crippen molar-refractivity contribution in [3.05, 3.63) is 54.6 Å². The van der Waals surface area contributed by atoms with Crippen LogP contribution in [0.1, 0.15) is 38.3 Å². The molecule has 0 saturated carbocycles. The van der Waals surface area contributed by atoms with Crippen molar-refractivity contribution >= 4 is 12.0 Å². The Morgan fingerprint density at radius 1 is 1.26 bits per heavy atom. The second-order valence-electron chi connectivity index (χ2n) is 4.85. The minimum atomic E-state index is -0.356. The predicted molar refractivity (Wildman–Crippen MR) is 81.9 cm³/mol. The van der Waals surface area contributed by atoms with E-state index >= 15 is 0 Å². The number of esters is 1. The van der Waals surface area contributed by atoms with Gasteiger partial charge in [0.1, 0.15) is 5.60 Å². The first-order valence-electron chi connectivity index (χ1n) is 6.39. The highest BCUT2D eigenvalue weighted by molar-refractivity contribution is 5.81. The molecule has 0 atom stereocenters. The Morgan fingerprint density at radius 3 is 2.16 bits per heavy atom. The molecule has 0 aliphatic carbocycles. The number of carbonyl (C=O) groups excluding carboxylic acids is 1. The second kappa shape index (κ2) is 8.30. The zero-order chi connectivity index (χ0) is 14.9. The molecule has 0 amide bonds. The number of hydrogen-bond acceptors (Lipinski definition) is 2. The van der Waals surface area contributed by atoms with Crippen LogP contribution in [0.3, 0.4) is 0 Å². The maximum atomic E-state index is 10.6. The van der Waals surface area contributed by atoms with Crippen LogP contribution in [-0.2, 0) is 9.53 Å². The molecule has 1 aromatic rings. The Labute approximate surface area is 116 Å². The van der Waals surface area contributed by atoms with Crippen LogP contribution >= 0.6 is 0 Å². The molecule has 19 heavy (non-hydrogen) atoms. The smallest absolute Gasteiger partial charge is 0.330 e. The molecule has 0 spiro atoms. The number of carbonyl (C=O) groups is 1. The molecule has 104 valence electrons. The lowest BCUT2D eigenvalue weighted by atomic mass is 10.1. The first-order chi connectivity index (χ1) is 8.84. The summed E-state index contributed by atoms with van der Waals surface area (Å²) in [6, 6.07) is 8.28. The van der Waals surface area contributed by atoms with Gasteiger partial charge in [0, 0.05) is 6.08 Å². The minimum Gasteiger partial charge on any atom is -0.457 e. The van der Waals surface area contributed by atoms with E-state index in [4.69, 9.17) is 4.74 Å². The van der Waals surface area contributed by atoms with Gasteiger partial charge in [0.2, 0.25) is 0 Å². The Bertz CT molecular complexity index is 413. The topological polar surface area (TPSA) is 26.3 Å². The van der Waals surface area contributed by atoms with E-state index < -0.39 is 0 Å². The van der Waals surface area contributed by atoms with E-state index in [1.807, 2.05) is 26.8 Å². The van der Waals surface area contributed by atoms with Gasteiger partial charge in [-0.2, -0.15) is 0 Å². The van der Waals surface area contributed by atoms with Gasteiger partial charge >= 0.3 is 5.97 Å². The molecule has 0 radical (unpaired) electrons. The highest BCUT2D eigenvalue weighted by Gasteiger charge is 2.17. The Hall–Kier alpha value is -1.83. The largest absolute Gasteiger partial charge is 0.457 e. The van der Waals surface area contributed by atoms with Crippen LogP contribution in [0.2, 0.25) is 0 Å². The first-order valence-corrected chi connectivity index (χ1v) is 6.39. The Balaban J connectivity index is 0.000000342. The van der Waals surface area contributed by atoms with Gasteiger partial charge in [0.05, 0.1) is 0 Å². The fourth-order valence-electron chi connectivity index (χ4n) is 1.09. The van der Waals surface area contributed by atoms with Crippen LogP contribution in [0.5, 0.6) is 0 Å². The van der Waals surface area contributed by atoms with Gasteiger partial charge in [-0.3, -0.25) is 0 Å². The van der Waals surface area contributed by atoms with E-state index in [0.29, 0.717) is 0 Å². The standard InChI is InChI=1S/C9H10.C8H14O2/c1-3-9-6-4-8(2)5-7-9;1-5-7(9)10-8(3,4)6-2/h3-7H,1H2,2H3;5H,1,6H2,2-4H3. The molecule has 0 aliphatic rings. The molecule has 0 N–H and O–H groups in total. The van der Waals surface area contributed by atoms with E-state index in [1.165, 1.54) is 17.2 Å². The maximum Gasteiger partial charge on any atom is 0.330 e. The van der Waals surface area contributed by atoms with E-state index in [-0.39, 0.29) is 11.6 Å². The van der Waals surface area contributed by atoms with Crippen molar-refractivity contribution in [1.29, 1.82) is 0 Å². The zero-order valence-electron chi connectivity index (χ0n) is 12.4. The van der Waals surface area contributed by atoms with Crippen molar-refractivity contribution in [2.45, 2.75) is 39.7 Å². The number of ether oxygens (including phenoxy) is 1. The summed E-state index contributed by atoms with van der Waals surface area (Å²) in [5, 5.41) is 0. The number of aryl methyl sites for hydroxylation is 1. The summed E-state index contributed by atoms with van der Waals surface area (Å²) in [5.74, 6) is -0.355. The molecule has 1 rings (SSSR count). The van der Waals surface area contributed by atoms with E-state index in [0.717, 1.165) is 6.42 Å². The van der Waals surface area contributed by atoms with Gasteiger partial charge in [-0.1, -0.05) is 56.0 Å². The summed E-state index contributed by atoms with van der Waals surface area (Å²) in [5.41, 5.74) is 2.12. The van der Waals surface area contributed by atoms with Gasteiger partial charge < -0.3 is 4.74 Å². The molecule has 0 heterocycles. The fourth-order valence-corrected chi connectivity index (χ4v) is 1.09. The van der Waals surface area contributed by atoms with Gasteiger partial charge in [-0.05, 0) is 32.8 Å². The molecule has 0 aliphatic heterocycles. The Kier molecular flexibility index (Phi) is 7.50. The average molecular weight is 260 g/mol. The SMILES string of the molecule is C=CC(=O)OC(C)(C)CC.C=Cc1ccc(C)cc1. The maximum absolute atomic E-state index is 10.6. The summed E-state index contributed by atoms with van der Waals surface area (Å²) >= 11 is 0. The van der Waals surface area contributed by atoms with Crippen molar-refractivity contribution in [1.82, 2.24) is 0 Å². The van der Waals surface area contributed by atoms with Crippen LogP contribution in [0.15, 0.2) is 43.5 Å². The third-order valence-electron chi connectivity index (χ3n) is 2.71. The second-order valence-corrected chi connectivity index (χ2v) is 4.85. The van der Waals surface area contributed by atoms with Crippen molar-refractivity contribution < 1.29 is 9.53 Å². The summed E-state index contributed by atoms with van der Waals surface area (Å²) in [7, 11) is 0. The highest BCUT2D eigenvalue weighted by Crippen LogP contribution is 2.13. The molecule has 2 nitrogen and oxygen atoms in total. The van der Waals surface area contributed by atoms with Crippen molar-refractivity contribution in [2.24, 2.45) is 0 Å². The van der Waals surface area contributed by atoms with Gasteiger partial charge in [-0.25, -0.2) is 4.79 Å². The van der Waals surface area contributed by atoms with Gasteiger partial charge in [-0.15, -0.1) is 0 Å². The quantitative estimate of drug-likeness (QED) is 0.586.